The van der Waals surface area contributed by atoms with Gasteiger partial charge in [-0.05, 0) is 47.4 Å². The molecule has 0 aliphatic carbocycles. The van der Waals surface area contributed by atoms with E-state index in [0.29, 0.717) is 9.50 Å². The van der Waals surface area contributed by atoms with E-state index >= 15 is 0 Å². The fraction of sp³-hybridized carbons (Fsp3) is 0.400. The standard InChI is InChI=1S/C10H10BrClFN/c11-10-7(13)4-3-6(12)9(10)8-2-1-5-14-8/h3-4,8,14H,1-2,5H2/t8-/m1/s1. The highest BCUT2D eigenvalue weighted by Crippen LogP contribution is 2.36. The number of benzene rings is 1. The normalized spacial score (nSPS) is 21.5. The lowest BCUT2D eigenvalue weighted by molar-refractivity contribution is 0.598. The number of hydrogen-bond acceptors (Lipinski definition) is 1. The zero-order valence-corrected chi connectivity index (χ0v) is 9.83. The molecule has 1 aromatic carbocycles. The summed E-state index contributed by atoms with van der Waals surface area (Å²) < 4.78 is 13.8. The summed E-state index contributed by atoms with van der Waals surface area (Å²) in [5, 5.41) is 3.92. The lowest BCUT2D eigenvalue weighted by atomic mass is 10.1. The van der Waals surface area contributed by atoms with E-state index in [1.165, 1.54) is 6.07 Å². The van der Waals surface area contributed by atoms with Crippen molar-refractivity contribution in [3.63, 3.8) is 0 Å². The quantitative estimate of drug-likeness (QED) is 0.773. The lowest BCUT2D eigenvalue weighted by Gasteiger charge is -2.14. The highest BCUT2D eigenvalue weighted by molar-refractivity contribution is 9.10. The summed E-state index contributed by atoms with van der Waals surface area (Å²) in [7, 11) is 0. The fourth-order valence-corrected chi connectivity index (χ4v) is 2.82. The first-order valence-corrected chi connectivity index (χ1v) is 5.74. The van der Waals surface area contributed by atoms with Gasteiger partial charge in [-0.3, -0.25) is 0 Å². The van der Waals surface area contributed by atoms with Crippen LogP contribution in [0.3, 0.4) is 0 Å². The molecule has 14 heavy (non-hydrogen) atoms. The van der Waals surface area contributed by atoms with Gasteiger partial charge in [-0.2, -0.15) is 0 Å². The van der Waals surface area contributed by atoms with Gasteiger partial charge in [-0.1, -0.05) is 11.6 Å². The smallest absolute Gasteiger partial charge is 0.137 e. The molecule has 1 nitrogen and oxygen atoms in total. The van der Waals surface area contributed by atoms with Gasteiger partial charge in [0.2, 0.25) is 0 Å². The molecular formula is C10H10BrClFN. The van der Waals surface area contributed by atoms with Gasteiger partial charge in [0.15, 0.2) is 0 Å². The Balaban J connectivity index is 2.44. The van der Waals surface area contributed by atoms with Gasteiger partial charge in [0.1, 0.15) is 5.82 Å². The zero-order chi connectivity index (χ0) is 10.1. The van der Waals surface area contributed by atoms with Crippen molar-refractivity contribution >= 4 is 27.5 Å². The maximum Gasteiger partial charge on any atom is 0.137 e. The molecule has 0 unspecified atom stereocenters. The van der Waals surface area contributed by atoms with Crippen molar-refractivity contribution in [1.29, 1.82) is 0 Å². The van der Waals surface area contributed by atoms with E-state index in [-0.39, 0.29) is 11.9 Å². The molecular weight excluding hydrogens is 268 g/mol. The first-order valence-electron chi connectivity index (χ1n) is 4.57. The Morgan fingerprint density at radius 1 is 1.50 bits per heavy atom. The summed E-state index contributed by atoms with van der Waals surface area (Å²) in [6.45, 7) is 0.976. The third-order valence-electron chi connectivity index (χ3n) is 2.49. The molecule has 4 heteroatoms. The van der Waals surface area contributed by atoms with Gasteiger partial charge in [-0.15, -0.1) is 0 Å². The third kappa shape index (κ3) is 1.81. The van der Waals surface area contributed by atoms with Crippen molar-refractivity contribution in [1.82, 2.24) is 5.32 Å². The topological polar surface area (TPSA) is 12.0 Å². The van der Waals surface area contributed by atoms with Gasteiger partial charge >= 0.3 is 0 Å². The molecule has 1 saturated heterocycles. The van der Waals surface area contributed by atoms with E-state index < -0.39 is 0 Å². The molecule has 1 atom stereocenters. The molecule has 0 aromatic heterocycles. The molecule has 1 aliphatic heterocycles. The molecule has 0 amide bonds. The fourth-order valence-electron chi connectivity index (χ4n) is 1.79. The highest BCUT2D eigenvalue weighted by atomic mass is 79.9. The number of rotatable bonds is 1. The Labute approximate surface area is 95.8 Å². The number of nitrogens with one attached hydrogen (secondary N) is 1. The minimum atomic E-state index is -0.252. The van der Waals surface area contributed by atoms with Crippen molar-refractivity contribution in [2.75, 3.05) is 6.54 Å². The van der Waals surface area contributed by atoms with E-state index in [0.717, 1.165) is 24.9 Å². The predicted molar refractivity (Wildman–Crippen MR) is 59.1 cm³/mol. The zero-order valence-electron chi connectivity index (χ0n) is 7.49. The minimum Gasteiger partial charge on any atom is -0.310 e. The van der Waals surface area contributed by atoms with Crippen molar-refractivity contribution < 1.29 is 4.39 Å². The van der Waals surface area contributed by atoms with Crippen molar-refractivity contribution in [2.45, 2.75) is 18.9 Å². The first-order chi connectivity index (χ1) is 6.70. The molecule has 0 saturated carbocycles. The van der Waals surface area contributed by atoms with Crippen LogP contribution in [0.1, 0.15) is 24.4 Å². The van der Waals surface area contributed by atoms with Crippen LogP contribution in [-0.2, 0) is 0 Å². The SMILES string of the molecule is Fc1ccc(Cl)c([C@H]2CCCN2)c1Br. The van der Waals surface area contributed by atoms with Crippen molar-refractivity contribution in [3.8, 4) is 0 Å². The molecule has 1 heterocycles. The van der Waals surface area contributed by atoms with Gasteiger partial charge in [0.25, 0.3) is 0 Å². The Morgan fingerprint density at radius 2 is 2.29 bits per heavy atom. The van der Waals surface area contributed by atoms with Gasteiger partial charge in [0, 0.05) is 16.6 Å². The second-order valence-corrected chi connectivity index (χ2v) is 4.61. The Kier molecular flexibility index (Phi) is 3.10. The van der Waals surface area contributed by atoms with Crippen LogP contribution < -0.4 is 5.32 Å². The second-order valence-electron chi connectivity index (χ2n) is 3.41. The average molecular weight is 279 g/mol. The molecule has 0 radical (unpaired) electrons. The molecule has 1 fully saturated rings. The van der Waals surface area contributed by atoms with Gasteiger partial charge in [-0.25, -0.2) is 4.39 Å². The summed E-state index contributed by atoms with van der Waals surface area (Å²) in [6.07, 6.45) is 2.13. The number of hydrogen-bond donors (Lipinski definition) is 1. The summed E-state index contributed by atoms with van der Waals surface area (Å²) in [5.41, 5.74) is 0.851. The number of halogens is 3. The summed E-state index contributed by atoms with van der Waals surface area (Å²) >= 11 is 9.29. The van der Waals surface area contributed by atoms with E-state index in [4.69, 9.17) is 11.6 Å². The van der Waals surface area contributed by atoms with Crippen LogP contribution in [0.4, 0.5) is 4.39 Å². The molecule has 0 spiro atoms. The monoisotopic (exact) mass is 277 g/mol. The molecule has 1 N–H and O–H groups in total. The summed E-state index contributed by atoms with van der Waals surface area (Å²) in [4.78, 5) is 0. The molecule has 0 bridgehead atoms. The second kappa shape index (κ2) is 4.17. The van der Waals surface area contributed by atoms with E-state index in [1.54, 1.807) is 6.07 Å². The highest BCUT2D eigenvalue weighted by Gasteiger charge is 2.22. The van der Waals surface area contributed by atoms with E-state index in [1.807, 2.05) is 0 Å². The third-order valence-corrected chi connectivity index (χ3v) is 3.62. The molecule has 1 aliphatic rings. The molecule has 76 valence electrons. The largest absolute Gasteiger partial charge is 0.310 e. The first kappa shape index (κ1) is 10.4. The van der Waals surface area contributed by atoms with Gasteiger partial charge in [0.05, 0.1) is 4.47 Å². The molecule has 2 rings (SSSR count). The van der Waals surface area contributed by atoms with Crippen LogP contribution in [0.15, 0.2) is 16.6 Å². The van der Waals surface area contributed by atoms with Crippen LogP contribution in [0.25, 0.3) is 0 Å². The molecule has 1 aromatic rings. The van der Waals surface area contributed by atoms with E-state index in [2.05, 4.69) is 21.2 Å². The lowest BCUT2D eigenvalue weighted by Crippen LogP contribution is -2.14. The predicted octanol–water partition coefficient (Wildman–Crippen LogP) is 3.67. The van der Waals surface area contributed by atoms with Crippen molar-refractivity contribution in [3.05, 3.63) is 33.0 Å². The average Bonchev–Trinajstić information content (AvgIpc) is 2.65. The van der Waals surface area contributed by atoms with Crippen LogP contribution >= 0.6 is 27.5 Å². The van der Waals surface area contributed by atoms with Crippen molar-refractivity contribution in [2.24, 2.45) is 0 Å². The Bertz CT molecular complexity index is 350. The summed E-state index contributed by atoms with van der Waals surface area (Å²) in [6, 6.07) is 3.18. The Hall–Kier alpha value is -0.120. The van der Waals surface area contributed by atoms with E-state index in [9.17, 15) is 4.39 Å². The minimum absolute atomic E-state index is 0.188. The maximum absolute atomic E-state index is 13.3. The van der Waals surface area contributed by atoms with Gasteiger partial charge < -0.3 is 5.32 Å². The maximum atomic E-state index is 13.3. The van der Waals surface area contributed by atoms with Crippen LogP contribution in [0, 0.1) is 5.82 Å². The van der Waals surface area contributed by atoms with Crippen LogP contribution in [0.2, 0.25) is 5.02 Å². The summed E-state index contributed by atoms with van der Waals surface area (Å²) in [5.74, 6) is -0.252. The van der Waals surface area contributed by atoms with Crippen LogP contribution in [0.5, 0.6) is 0 Å². The Morgan fingerprint density at radius 3 is 2.93 bits per heavy atom. The van der Waals surface area contributed by atoms with Crippen LogP contribution in [-0.4, -0.2) is 6.54 Å².